The van der Waals surface area contributed by atoms with Crippen LogP contribution in [0.15, 0.2) is 42.7 Å². The topological polar surface area (TPSA) is 67.2 Å². The van der Waals surface area contributed by atoms with E-state index >= 15 is 0 Å². The van der Waals surface area contributed by atoms with Crippen molar-refractivity contribution in [3.63, 3.8) is 0 Å². The van der Waals surface area contributed by atoms with E-state index in [1.54, 1.807) is 33.7 Å². The summed E-state index contributed by atoms with van der Waals surface area (Å²) in [6, 6.07) is 9.26. The molecule has 0 spiro atoms. The van der Waals surface area contributed by atoms with Gasteiger partial charge in [-0.15, -0.1) is 11.8 Å². The molecule has 0 radical (unpaired) electrons. The molecule has 1 unspecified atom stereocenters. The van der Waals surface area contributed by atoms with Crippen LogP contribution in [0.2, 0.25) is 0 Å². The number of thioether (sulfide) groups is 1. The van der Waals surface area contributed by atoms with Crippen LogP contribution in [0.1, 0.15) is 27.2 Å². The summed E-state index contributed by atoms with van der Waals surface area (Å²) in [5, 5.41) is 7.18. The molecule has 6 nitrogen and oxygen atoms in total. The maximum Gasteiger partial charge on any atom is 0.248 e. The van der Waals surface area contributed by atoms with Crippen LogP contribution in [-0.4, -0.2) is 44.2 Å². The Labute approximate surface area is 157 Å². The van der Waals surface area contributed by atoms with Gasteiger partial charge < -0.3 is 10.2 Å². The molecule has 1 saturated heterocycles. The highest BCUT2D eigenvalue weighted by molar-refractivity contribution is 7.99. The molecule has 2 heterocycles. The smallest absolute Gasteiger partial charge is 0.248 e. The second-order valence-corrected chi connectivity index (χ2v) is 8.61. The summed E-state index contributed by atoms with van der Waals surface area (Å²) in [6.07, 6.45) is 3.83. The first-order valence-corrected chi connectivity index (χ1v) is 9.77. The SMILES string of the molecule is CC(C)(C)CC(=O)N1CSCC1C(=O)Nc1cnn(-c2ccccc2)c1. The summed E-state index contributed by atoms with van der Waals surface area (Å²) < 4.78 is 1.71. The molecule has 2 aromatic rings. The Morgan fingerprint density at radius 1 is 1.27 bits per heavy atom. The van der Waals surface area contributed by atoms with Crippen molar-refractivity contribution in [2.45, 2.75) is 33.2 Å². The lowest BCUT2D eigenvalue weighted by Crippen LogP contribution is -2.45. The molecule has 1 aromatic heterocycles. The van der Waals surface area contributed by atoms with Crippen molar-refractivity contribution in [2.24, 2.45) is 5.41 Å². The minimum Gasteiger partial charge on any atom is -0.322 e. The van der Waals surface area contributed by atoms with Gasteiger partial charge in [0.05, 0.1) is 29.6 Å². The van der Waals surface area contributed by atoms with Gasteiger partial charge in [0.15, 0.2) is 0 Å². The van der Waals surface area contributed by atoms with Gasteiger partial charge in [0.1, 0.15) is 6.04 Å². The molecular formula is C19H24N4O2S. The number of benzene rings is 1. The molecule has 1 aliphatic heterocycles. The zero-order valence-corrected chi connectivity index (χ0v) is 16.1. The molecular weight excluding hydrogens is 348 g/mol. The second-order valence-electron chi connectivity index (χ2n) is 7.62. The van der Waals surface area contributed by atoms with Gasteiger partial charge in [0.2, 0.25) is 11.8 Å². The average Bonchev–Trinajstić information content (AvgIpc) is 3.23. The Morgan fingerprint density at radius 3 is 2.69 bits per heavy atom. The number of nitrogens with zero attached hydrogens (tertiary/aromatic N) is 3. The predicted molar refractivity (Wildman–Crippen MR) is 104 cm³/mol. The van der Waals surface area contributed by atoms with Crippen LogP contribution in [0.25, 0.3) is 5.69 Å². The van der Waals surface area contributed by atoms with E-state index in [9.17, 15) is 9.59 Å². The van der Waals surface area contributed by atoms with Gasteiger partial charge in [-0.25, -0.2) is 4.68 Å². The largest absolute Gasteiger partial charge is 0.322 e. The minimum atomic E-state index is -0.435. The van der Waals surface area contributed by atoms with Crippen LogP contribution in [0.4, 0.5) is 5.69 Å². The maximum atomic E-state index is 12.7. The lowest BCUT2D eigenvalue weighted by atomic mass is 9.91. The van der Waals surface area contributed by atoms with Crippen molar-refractivity contribution in [2.75, 3.05) is 16.9 Å². The van der Waals surface area contributed by atoms with Crippen molar-refractivity contribution >= 4 is 29.3 Å². The molecule has 0 aliphatic carbocycles. The summed E-state index contributed by atoms with van der Waals surface area (Å²) in [6.45, 7) is 6.09. The maximum absolute atomic E-state index is 12.7. The normalized spacial score (nSPS) is 17.3. The number of aromatic nitrogens is 2. The highest BCUT2D eigenvalue weighted by Gasteiger charge is 2.35. The fourth-order valence-electron chi connectivity index (χ4n) is 2.80. The Balaban J connectivity index is 1.66. The molecule has 0 saturated carbocycles. The summed E-state index contributed by atoms with van der Waals surface area (Å²) >= 11 is 1.61. The molecule has 2 amide bonds. The van der Waals surface area contributed by atoms with Gasteiger partial charge in [-0.05, 0) is 17.5 Å². The fourth-order valence-corrected chi connectivity index (χ4v) is 3.98. The summed E-state index contributed by atoms with van der Waals surface area (Å²) in [5.41, 5.74) is 1.45. The average molecular weight is 372 g/mol. The van der Waals surface area contributed by atoms with Gasteiger partial charge >= 0.3 is 0 Å². The third-order valence-corrected chi connectivity index (χ3v) is 5.07. The Morgan fingerprint density at radius 2 is 2.00 bits per heavy atom. The number of hydrogen-bond donors (Lipinski definition) is 1. The second kappa shape index (κ2) is 7.53. The van der Waals surface area contributed by atoms with E-state index in [4.69, 9.17) is 0 Å². The summed E-state index contributed by atoms with van der Waals surface area (Å²) in [7, 11) is 0. The lowest BCUT2D eigenvalue weighted by Gasteiger charge is -2.26. The van der Waals surface area contributed by atoms with Gasteiger partial charge in [-0.3, -0.25) is 9.59 Å². The van der Waals surface area contributed by atoms with Crippen LogP contribution in [0.3, 0.4) is 0 Å². The number of amides is 2. The molecule has 0 bridgehead atoms. The van der Waals surface area contributed by atoms with Crippen LogP contribution in [0, 0.1) is 5.41 Å². The van der Waals surface area contributed by atoms with Gasteiger partial charge in [0.25, 0.3) is 0 Å². The number of hydrogen-bond acceptors (Lipinski definition) is 4. The Hall–Kier alpha value is -2.28. The zero-order valence-electron chi connectivity index (χ0n) is 15.3. The molecule has 1 N–H and O–H groups in total. The molecule has 1 fully saturated rings. The molecule has 138 valence electrons. The van der Waals surface area contributed by atoms with Gasteiger partial charge in [0, 0.05) is 12.2 Å². The van der Waals surface area contributed by atoms with Crippen LogP contribution in [0.5, 0.6) is 0 Å². The van der Waals surface area contributed by atoms with E-state index in [-0.39, 0.29) is 17.2 Å². The molecule has 1 atom stereocenters. The predicted octanol–water partition coefficient (Wildman–Crippen LogP) is 3.15. The van der Waals surface area contributed by atoms with E-state index in [1.807, 2.05) is 51.1 Å². The number of carbonyl (C=O) groups is 2. The quantitative estimate of drug-likeness (QED) is 0.895. The fraction of sp³-hybridized carbons (Fsp3) is 0.421. The molecule has 7 heteroatoms. The van der Waals surface area contributed by atoms with Crippen molar-refractivity contribution in [1.29, 1.82) is 0 Å². The molecule has 3 rings (SSSR count). The Bertz CT molecular complexity index is 782. The van der Waals surface area contributed by atoms with Crippen molar-refractivity contribution in [3.8, 4) is 5.69 Å². The van der Waals surface area contributed by atoms with Gasteiger partial charge in [-0.2, -0.15) is 5.10 Å². The number of nitrogens with one attached hydrogen (secondary N) is 1. The first-order valence-electron chi connectivity index (χ1n) is 8.62. The van der Waals surface area contributed by atoms with Crippen LogP contribution in [-0.2, 0) is 9.59 Å². The van der Waals surface area contributed by atoms with Crippen molar-refractivity contribution < 1.29 is 9.59 Å². The Kier molecular flexibility index (Phi) is 5.36. The van der Waals surface area contributed by atoms with E-state index in [2.05, 4.69) is 10.4 Å². The van der Waals surface area contributed by atoms with Crippen molar-refractivity contribution in [3.05, 3.63) is 42.7 Å². The number of carbonyl (C=O) groups excluding carboxylic acids is 2. The zero-order chi connectivity index (χ0) is 18.7. The molecule has 1 aromatic carbocycles. The third kappa shape index (κ3) is 4.46. The highest BCUT2D eigenvalue weighted by atomic mass is 32.2. The third-order valence-electron chi connectivity index (χ3n) is 4.06. The van der Waals surface area contributed by atoms with E-state index < -0.39 is 6.04 Å². The summed E-state index contributed by atoms with van der Waals surface area (Å²) in [5.74, 6) is 1.05. The van der Waals surface area contributed by atoms with Crippen molar-refractivity contribution in [1.82, 2.24) is 14.7 Å². The van der Waals surface area contributed by atoms with E-state index in [0.29, 0.717) is 23.7 Å². The molecule has 1 aliphatic rings. The number of anilines is 1. The highest BCUT2D eigenvalue weighted by Crippen LogP contribution is 2.27. The van der Waals surface area contributed by atoms with E-state index in [0.717, 1.165) is 5.69 Å². The number of rotatable bonds is 4. The minimum absolute atomic E-state index is 0.0302. The van der Waals surface area contributed by atoms with E-state index in [1.165, 1.54) is 0 Å². The molecule has 26 heavy (non-hydrogen) atoms. The first-order chi connectivity index (χ1) is 12.3. The number of para-hydroxylation sites is 1. The van der Waals surface area contributed by atoms with Crippen LogP contribution < -0.4 is 5.32 Å². The standard InChI is InChI=1S/C19H24N4O2S/c1-19(2,3)9-17(24)22-13-26-12-16(22)18(25)21-14-10-20-23(11-14)15-7-5-4-6-8-15/h4-8,10-11,16H,9,12-13H2,1-3H3,(H,21,25). The van der Waals surface area contributed by atoms with Crippen LogP contribution >= 0.6 is 11.8 Å². The van der Waals surface area contributed by atoms with Gasteiger partial charge in [-0.1, -0.05) is 39.0 Å². The summed E-state index contributed by atoms with van der Waals surface area (Å²) in [4.78, 5) is 26.9. The first kappa shape index (κ1) is 18.5. The lowest BCUT2D eigenvalue weighted by molar-refractivity contribution is -0.137. The monoisotopic (exact) mass is 372 g/mol.